The molecule has 10 heteroatoms. The molecule has 0 radical (unpaired) electrons. The van der Waals surface area contributed by atoms with Crippen molar-refractivity contribution in [2.24, 2.45) is 5.41 Å². The van der Waals surface area contributed by atoms with Crippen molar-refractivity contribution in [2.75, 3.05) is 4.72 Å². The smallest absolute Gasteiger partial charge is 0.280 e. The minimum Gasteiger partial charge on any atom is -0.280 e. The molecule has 0 heterocycles. The summed E-state index contributed by atoms with van der Waals surface area (Å²) >= 11 is 0. The third-order valence-electron chi connectivity index (χ3n) is 4.85. The molecule has 0 saturated carbocycles. The predicted octanol–water partition coefficient (Wildman–Crippen LogP) is 7.45. The molecule has 3 nitrogen and oxygen atoms in total. The first-order chi connectivity index (χ1) is 14.4. The SMILES string of the molecule is CCC(CC(C)(C)C)c1ccc(S(=O)(=O)Nc2cc(C(F)(F)F)cc(C(F)(F)F)c2)cc1. The summed E-state index contributed by atoms with van der Waals surface area (Å²) in [6.07, 6.45) is -8.47. The van der Waals surface area contributed by atoms with Crippen LogP contribution >= 0.6 is 0 Å². The first kappa shape index (κ1) is 26.0. The van der Waals surface area contributed by atoms with Crippen molar-refractivity contribution >= 4 is 15.7 Å². The van der Waals surface area contributed by atoms with Crippen molar-refractivity contribution in [1.82, 2.24) is 0 Å². The highest BCUT2D eigenvalue weighted by Crippen LogP contribution is 2.38. The van der Waals surface area contributed by atoms with E-state index in [4.69, 9.17) is 0 Å². The maximum Gasteiger partial charge on any atom is 0.416 e. The zero-order valence-electron chi connectivity index (χ0n) is 18.0. The molecule has 1 atom stereocenters. The minimum absolute atomic E-state index is 0.0483. The maximum absolute atomic E-state index is 13.0. The van der Waals surface area contributed by atoms with Crippen LogP contribution in [0.1, 0.15) is 63.1 Å². The van der Waals surface area contributed by atoms with E-state index in [0.717, 1.165) is 18.4 Å². The summed E-state index contributed by atoms with van der Waals surface area (Å²) in [4.78, 5) is -0.266. The highest BCUT2D eigenvalue weighted by Gasteiger charge is 2.37. The zero-order valence-corrected chi connectivity index (χ0v) is 18.8. The number of benzene rings is 2. The Morgan fingerprint density at radius 1 is 0.844 bits per heavy atom. The fourth-order valence-corrected chi connectivity index (χ4v) is 4.42. The van der Waals surface area contributed by atoms with Gasteiger partial charge < -0.3 is 0 Å². The molecule has 2 aromatic carbocycles. The fourth-order valence-electron chi connectivity index (χ4n) is 3.38. The highest BCUT2D eigenvalue weighted by molar-refractivity contribution is 7.92. The lowest BCUT2D eigenvalue weighted by Gasteiger charge is -2.25. The zero-order chi connectivity index (χ0) is 24.5. The van der Waals surface area contributed by atoms with E-state index in [2.05, 4.69) is 20.8 Å². The average Bonchev–Trinajstić information content (AvgIpc) is 2.63. The number of hydrogen-bond acceptors (Lipinski definition) is 2. The summed E-state index contributed by atoms with van der Waals surface area (Å²) in [5.41, 5.74) is -3.08. The first-order valence-corrected chi connectivity index (χ1v) is 11.3. The lowest BCUT2D eigenvalue weighted by molar-refractivity contribution is -0.143. The van der Waals surface area contributed by atoms with Gasteiger partial charge in [-0.15, -0.1) is 0 Å². The molecule has 1 unspecified atom stereocenters. The van der Waals surface area contributed by atoms with E-state index >= 15 is 0 Å². The van der Waals surface area contributed by atoms with Crippen LogP contribution in [-0.2, 0) is 22.4 Å². The Morgan fingerprint density at radius 2 is 1.31 bits per heavy atom. The molecule has 0 aliphatic carbocycles. The van der Waals surface area contributed by atoms with Crippen LogP contribution in [0.25, 0.3) is 0 Å². The molecule has 0 spiro atoms. The van der Waals surface area contributed by atoms with Crippen molar-refractivity contribution in [3.8, 4) is 0 Å². The molecule has 0 saturated heterocycles. The van der Waals surface area contributed by atoms with E-state index in [1.165, 1.54) is 12.1 Å². The standard InChI is InChI=1S/C22H25F6NO2S/c1-5-14(13-20(2,3)4)15-6-8-19(9-7-15)32(30,31)29-18-11-16(21(23,24)25)10-17(12-18)22(26,27)28/h6-12,14,29H,5,13H2,1-4H3. The molecule has 0 aromatic heterocycles. The van der Waals surface area contributed by atoms with Gasteiger partial charge in [-0.2, -0.15) is 26.3 Å². The Bertz CT molecular complexity index is 1000. The average molecular weight is 482 g/mol. The summed E-state index contributed by atoms with van der Waals surface area (Å²) in [5, 5.41) is 0. The second kappa shape index (κ2) is 8.96. The summed E-state index contributed by atoms with van der Waals surface area (Å²) in [7, 11) is -4.41. The lowest BCUT2D eigenvalue weighted by Crippen LogP contribution is -2.16. The normalized spacial score (nSPS) is 14.3. The second-order valence-corrected chi connectivity index (χ2v) is 10.5. The number of halogens is 6. The Hall–Kier alpha value is -2.23. The van der Waals surface area contributed by atoms with E-state index in [1.54, 1.807) is 12.1 Å². The van der Waals surface area contributed by atoms with E-state index in [0.29, 0.717) is 12.1 Å². The maximum atomic E-state index is 13.0. The Labute approximate surface area is 183 Å². The van der Waals surface area contributed by atoms with Crippen LogP contribution in [0.3, 0.4) is 0 Å². The number of nitrogens with one attached hydrogen (secondary N) is 1. The van der Waals surface area contributed by atoms with Crippen LogP contribution in [-0.4, -0.2) is 8.42 Å². The van der Waals surface area contributed by atoms with E-state index < -0.39 is 39.2 Å². The van der Waals surface area contributed by atoms with Crippen molar-refractivity contribution in [3.63, 3.8) is 0 Å². The third kappa shape index (κ3) is 6.88. The monoisotopic (exact) mass is 481 g/mol. The van der Waals surface area contributed by atoms with Crippen LogP contribution in [0, 0.1) is 5.41 Å². The first-order valence-electron chi connectivity index (χ1n) is 9.84. The molecule has 2 aromatic rings. The number of sulfonamides is 1. The van der Waals surface area contributed by atoms with Gasteiger partial charge in [0.25, 0.3) is 10.0 Å². The molecular weight excluding hydrogens is 456 g/mol. The van der Waals surface area contributed by atoms with Gasteiger partial charge in [0.2, 0.25) is 0 Å². The van der Waals surface area contributed by atoms with Gasteiger partial charge in [-0.25, -0.2) is 8.42 Å². The van der Waals surface area contributed by atoms with Gasteiger partial charge in [0.1, 0.15) is 0 Å². The number of anilines is 1. The van der Waals surface area contributed by atoms with E-state index in [1.807, 2.05) is 11.6 Å². The molecule has 0 bridgehead atoms. The molecule has 0 aliphatic rings. The van der Waals surface area contributed by atoms with Gasteiger partial charge in [-0.05, 0) is 60.1 Å². The molecule has 0 fully saturated rings. The molecule has 0 aliphatic heterocycles. The number of hydrogen-bond donors (Lipinski definition) is 1. The molecule has 178 valence electrons. The molecule has 2 rings (SSSR count). The van der Waals surface area contributed by atoms with E-state index in [9.17, 15) is 34.8 Å². The third-order valence-corrected chi connectivity index (χ3v) is 6.25. The van der Waals surface area contributed by atoms with Crippen molar-refractivity contribution in [2.45, 2.75) is 63.7 Å². The summed E-state index contributed by atoms with van der Waals surface area (Å²) in [5.74, 6) is 0.178. The number of alkyl halides is 6. The Balaban J connectivity index is 2.37. The highest BCUT2D eigenvalue weighted by atomic mass is 32.2. The fraction of sp³-hybridized carbons (Fsp3) is 0.455. The van der Waals surface area contributed by atoms with Crippen LogP contribution in [0.5, 0.6) is 0 Å². The number of rotatable bonds is 6. The quantitative estimate of drug-likeness (QED) is 0.436. The summed E-state index contributed by atoms with van der Waals surface area (Å²) in [6.45, 7) is 8.27. The molecule has 0 amide bonds. The molecule has 32 heavy (non-hydrogen) atoms. The van der Waals surface area contributed by atoms with Gasteiger partial charge in [0.05, 0.1) is 21.7 Å². The Kier molecular flexibility index (Phi) is 7.28. The van der Waals surface area contributed by atoms with Gasteiger partial charge >= 0.3 is 12.4 Å². The van der Waals surface area contributed by atoms with E-state index in [-0.39, 0.29) is 22.3 Å². The molecule has 1 N–H and O–H groups in total. The Morgan fingerprint density at radius 3 is 1.69 bits per heavy atom. The van der Waals surface area contributed by atoms with Gasteiger partial charge in [-0.3, -0.25) is 4.72 Å². The summed E-state index contributed by atoms with van der Waals surface area (Å²) < 4.78 is 105. The largest absolute Gasteiger partial charge is 0.416 e. The van der Waals surface area contributed by atoms with Gasteiger partial charge in [0, 0.05) is 0 Å². The van der Waals surface area contributed by atoms with Crippen LogP contribution in [0.15, 0.2) is 47.4 Å². The van der Waals surface area contributed by atoms with Crippen molar-refractivity contribution in [3.05, 3.63) is 59.2 Å². The predicted molar refractivity (Wildman–Crippen MR) is 111 cm³/mol. The summed E-state index contributed by atoms with van der Waals surface area (Å²) in [6, 6.07) is 6.41. The lowest BCUT2D eigenvalue weighted by atomic mass is 9.80. The van der Waals surface area contributed by atoms with Crippen LogP contribution < -0.4 is 4.72 Å². The minimum atomic E-state index is -5.08. The topological polar surface area (TPSA) is 46.2 Å². The second-order valence-electron chi connectivity index (χ2n) is 8.84. The van der Waals surface area contributed by atoms with Gasteiger partial charge in [-0.1, -0.05) is 39.8 Å². The van der Waals surface area contributed by atoms with Crippen LogP contribution in [0.2, 0.25) is 0 Å². The molecular formula is C22H25F6NO2S. The van der Waals surface area contributed by atoms with Gasteiger partial charge in [0.15, 0.2) is 0 Å². The van der Waals surface area contributed by atoms with Crippen molar-refractivity contribution in [1.29, 1.82) is 0 Å². The van der Waals surface area contributed by atoms with Crippen LogP contribution in [0.4, 0.5) is 32.0 Å². The van der Waals surface area contributed by atoms with Crippen molar-refractivity contribution < 1.29 is 34.8 Å².